The van der Waals surface area contributed by atoms with Gasteiger partial charge >= 0.3 is 0 Å². The number of aliphatic imine (C=N–C) groups is 1. The molecule has 1 aliphatic rings. The van der Waals surface area contributed by atoms with Crippen molar-refractivity contribution in [2.75, 3.05) is 0 Å². The standard InChI is InChI=1S/C5H5ClN2O/c6-3-2-8-5(9)1-4(3)7/h1-3H,7H2. The highest BCUT2D eigenvalue weighted by Gasteiger charge is 2.10. The summed E-state index contributed by atoms with van der Waals surface area (Å²) in [5.74, 6) is -0.343. The Kier molecular flexibility index (Phi) is 1.53. The topological polar surface area (TPSA) is 55.5 Å². The first-order valence-electron chi connectivity index (χ1n) is 2.39. The van der Waals surface area contributed by atoms with Crippen LogP contribution in [0, 0.1) is 0 Å². The molecule has 4 heteroatoms. The van der Waals surface area contributed by atoms with E-state index in [1.165, 1.54) is 12.3 Å². The predicted octanol–water partition coefficient (Wildman–Crippen LogP) is 0.0474. The number of allylic oxidation sites excluding steroid dienone is 1. The molecule has 1 rings (SSSR count). The molecule has 9 heavy (non-hydrogen) atoms. The fraction of sp³-hybridized carbons (Fsp3) is 0.200. The van der Waals surface area contributed by atoms with Crippen molar-refractivity contribution in [2.45, 2.75) is 5.38 Å². The lowest BCUT2D eigenvalue weighted by Crippen LogP contribution is -2.18. The Labute approximate surface area is 57.2 Å². The van der Waals surface area contributed by atoms with Crippen LogP contribution in [0.4, 0.5) is 0 Å². The molecule has 0 fully saturated rings. The molecule has 48 valence electrons. The zero-order valence-corrected chi connectivity index (χ0v) is 5.30. The fourth-order valence-electron chi connectivity index (χ4n) is 0.484. The lowest BCUT2D eigenvalue weighted by atomic mass is 10.2. The average molecular weight is 145 g/mol. The van der Waals surface area contributed by atoms with Gasteiger partial charge in [-0.3, -0.25) is 4.79 Å². The van der Waals surface area contributed by atoms with Gasteiger partial charge in [-0.1, -0.05) is 0 Å². The van der Waals surface area contributed by atoms with Gasteiger partial charge in [0, 0.05) is 18.0 Å². The Bertz CT molecular complexity index is 197. The van der Waals surface area contributed by atoms with E-state index in [9.17, 15) is 4.79 Å². The SMILES string of the molecule is NC1=CC(=O)N=CC1Cl. The third-order valence-electron chi connectivity index (χ3n) is 0.941. The van der Waals surface area contributed by atoms with Crippen molar-refractivity contribution in [3.05, 3.63) is 11.8 Å². The summed E-state index contributed by atoms with van der Waals surface area (Å²) < 4.78 is 0. The highest BCUT2D eigenvalue weighted by Crippen LogP contribution is 2.05. The third-order valence-corrected chi connectivity index (χ3v) is 1.31. The molecule has 0 aliphatic carbocycles. The van der Waals surface area contributed by atoms with E-state index in [1.54, 1.807) is 0 Å². The summed E-state index contributed by atoms with van der Waals surface area (Å²) in [6, 6.07) is 0. The minimum Gasteiger partial charge on any atom is -0.400 e. The second kappa shape index (κ2) is 2.19. The van der Waals surface area contributed by atoms with E-state index in [-0.39, 0.29) is 5.91 Å². The second-order valence-corrected chi connectivity index (χ2v) is 2.13. The largest absolute Gasteiger partial charge is 0.400 e. The number of nitrogens with two attached hydrogens (primary N) is 1. The lowest BCUT2D eigenvalue weighted by Gasteiger charge is -2.05. The van der Waals surface area contributed by atoms with Crippen molar-refractivity contribution in [1.29, 1.82) is 0 Å². The van der Waals surface area contributed by atoms with Crippen LogP contribution < -0.4 is 5.73 Å². The molecule has 0 aromatic rings. The van der Waals surface area contributed by atoms with E-state index in [4.69, 9.17) is 17.3 Å². The van der Waals surface area contributed by atoms with Crippen LogP contribution in [-0.2, 0) is 4.79 Å². The molecule has 0 saturated carbocycles. The predicted molar refractivity (Wildman–Crippen MR) is 35.4 cm³/mol. The van der Waals surface area contributed by atoms with Gasteiger partial charge in [0.05, 0.1) is 0 Å². The van der Waals surface area contributed by atoms with Gasteiger partial charge < -0.3 is 5.73 Å². The van der Waals surface area contributed by atoms with Crippen LogP contribution in [0.25, 0.3) is 0 Å². The number of alkyl halides is 1. The first-order chi connectivity index (χ1) is 4.20. The number of amides is 1. The van der Waals surface area contributed by atoms with Crippen molar-refractivity contribution in [2.24, 2.45) is 10.7 Å². The van der Waals surface area contributed by atoms with E-state index in [0.717, 1.165) is 0 Å². The molecular formula is C5H5ClN2O. The van der Waals surface area contributed by atoms with Crippen LogP contribution in [0.2, 0.25) is 0 Å². The first-order valence-corrected chi connectivity index (χ1v) is 2.83. The van der Waals surface area contributed by atoms with Crippen molar-refractivity contribution in [3.63, 3.8) is 0 Å². The van der Waals surface area contributed by atoms with E-state index < -0.39 is 5.38 Å². The minimum atomic E-state index is -0.414. The molecule has 1 unspecified atom stereocenters. The van der Waals surface area contributed by atoms with E-state index in [1.807, 2.05) is 0 Å². The van der Waals surface area contributed by atoms with Gasteiger partial charge in [0.1, 0.15) is 5.38 Å². The number of halogens is 1. The van der Waals surface area contributed by atoms with Crippen LogP contribution in [0.5, 0.6) is 0 Å². The molecule has 3 nitrogen and oxygen atoms in total. The molecular weight excluding hydrogens is 140 g/mol. The van der Waals surface area contributed by atoms with Gasteiger partial charge in [-0.15, -0.1) is 11.6 Å². The molecule has 0 aromatic carbocycles. The van der Waals surface area contributed by atoms with Crippen molar-refractivity contribution < 1.29 is 4.79 Å². The minimum absolute atomic E-state index is 0.343. The zero-order valence-electron chi connectivity index (χ0n) is 4.54. The molecule has 1 atom stereocenters. The Morgan fingerprint density at radius 3 is 2.89 bits per heavy atom. The van der Waals surface area contributed by atoms with Gasteiger partial charge in [0.15, 0.2) is 0 Å². The number of carbonyl (C=O) groups is 1. The smallest absolute Gasteiger partial charge is 0.271 e. The van der Waals surface area contributed by atoms with Crippen LogP contribution in [-0.4, -0.2) is 17.5 Å². The summed E-state index contributed by atoms with van der Waals surface area (Å²) in [7, 11) is 0. The normalized spacial score (nSPS) is 26.1. The molecule has 1 amide bonds. The molecule has 2 N–H and O–H groups in total. The lowest BCUT2D eigenvalue weighted by molar-refractivity contribution is -0.113. The van der Waals surface area contributed by atoms with Crippen LogP contribution in [0.1, 0.15) is 0 Å². The third kappa shape index (κ3) is 1.29. The van der Waals surface area contributed by atoms with Gasteiger partial charge in [0.25, 0.3) is 5.91 Å². The van der Waals surface area contributed by atoms with E-state index in [2.05, 4.69) is 4.99 Å². The maximum atomic E-state index is 10.4. The summed E-state index contributed by atoms with van der Waals surface area (Å²) in [4.78, 5) is 13.8. The quantitative estimate of drug-likeness (QED) is 0.489. The van der Waals surface area contributed by atoms with Gasteiger partial charge in [-0.2, -0.15) is 0 Å². The summed E-state index contributed by atoms with van der Waals surface area (Å²) in [5, 5.41) is -0.414. The summed E-state index contributed by atoms with van der Waals surface area (Å²) >= 11 is 5.54. The number of carbonyl (C=O) groups excluding carboxylic acids is 1. The maximum Gasteiger partial charge on any atom is 0.271 e. The summed E-state index contributed by atoms with van der Waals surface area (Å²) in [5.41, 5.74) is 5.64. The number of nitrogens with zero attached hydrogens (tertiary/aromatic N) is 1. The van der Waals surface area contributed by atoms with Crippen molar-refractivity contribution in [1.82, 2.24) is 0 Å². The Balaban J connectivity index is 2.82. The van der Waals surface area contributed by atoms with Crippen LogP contribution in [0.3, 0.4) is 0 Å². The van der Waals surface area contributed by atoms with E-state index >= 15 is 0 Å². The fourth-order valence-corrected chi connectivity index (χ4v) is 0.604. The first kappa shape index (κ1) is 6.29. The number of rotatable bonds is 0. The molecule has 0 saturated heterocycles. The number of dihydropyridines is 1. The highest BCUT2D eigenvalue weighted by atomic mass is 35.5. The van der Waals surface area contributed by atoms with Crippen molar-refractivity contribution >= 4 is 23.7 Å². The highest BCUT2D eigenvalue weighted by molar-refractivity contribution is 6.31. The molecule has 0 spiro atoms. The molecule has 0 bridgehead atoms. The monoisotopic (exact) mass is 144 g/mol. The van der Waals surface area contributed by atoms with Gasteiger partial charge in [0.2, 0.25) is 0 Å². The van der Waals surface area contributed by atoms with E-state index in [0.29, 0.717) is 5.70 Å². The summed E-state index contributed by atoms with van der Waals surface area (Å²) in [6.07, 6.45) is 2.54. The second-order valence-electron chi connectivity index (χ2n) is 1.66. The molecule has 0 radical (unpaired) electrons. The molecule has 0 aromatic heterocycles. The number of hydrogen-bond donors (Lipinski definition) is 1. The van der Waals surface area contributed by atoms with Crippen LogP contribution in [0.15, 0.2) is 16.8 Å². The Morgan fingerprint density at radius 1 is 1.78 bits per heavy atom. The number of hydrogen-bond acceptors (Lipinski definition) is 2. The van der Waals surface area contributed by atoms with Crippen molar-refractivity contribution in [3.8, 4) is 0 Å². The maximum absolute atomic E-state index is 10.4. The van der Waals surface area contributed by atoms with Crippen LogP contribution >= 0.6 is 11.6 Å². The molecule has 1 aliphatic heterocycles. The molecule has 1 heterocycles. The Morgan fingerprint density at radius 2 is 2.44 bits per heavy atom. The Hall–Kier alpha value is -0.830. The van der Waals surface area contributed by atoms with Gasteiger partial charge in [-0.05, 0) is 0 Å². The zero-order chi connectivity index (χ0) is 6.85. The average Bonchev–Trinajstić information content (AvgIpc) is 1.80. The van der Waals surface area contributed by atoms with Gasteiger partial charge in [-0.25, -0.2) is 4.99 Å². The summed E-state index contributed by atoms with van der Waals surface area (Å²) in [6.45, 7) is 0.